The zero-order valence-electron chi connectivity index (χ0n) is 20.6. The van der Waals surface area contributed by atoms with Gasteiger partial charge in [-0.25, -0.2) is 0 Å². The summed E-state index contributed by atoms with van der Waals surface area (Å²) in [6.07, 6.45) is 15.3. The second-order valence-corrected chi connectivity index (χ2v) is 9.85. The fourth-order valence-corrected chi connectivity index (χ4v) is 6.38. The molecule has 0 amide bonds. The highest BCUT2D eigenvalue weighted by molar-refractivity contribution is 6.02. The summed E-state index contributed by atoms with van der Waals surface area (Å²) in [5.41, 5.74) is 7.86. The van der Waals surface area contributed by atoms with E-state index >= 15 is 0 Å². The zero-order valence-corrected chi connectivity index (χ0v) is 20.6. The molecule has 2 unspecified atom stereocenters. The van der Waals surface area contributed by atoms with Gasteiger partial charge in [0.15, 0.2) is 11.7 Å². The number of hydrogen-bond donors (Lipinski definition) is 0. The summed E-state index contributed by atoms with van der Waals surface area (Å²) in [5, 5.41) is 2.74. The van der Waals surface area contributed by atoms with Crippen LogP contribution in [0.25, 0.3) is 22.4 Å². The van der Waals surface area contributed by atoms with Gasteiger partial charge in [-0.3, -0.25) is 0 Å². The predicted octanol–water partition coefficient (Wildman–Crippen LogP) is 7.96. The molecule has 2 aliphatic rings. The molecular weight excluding hydrogens is 398 g/mol. The molecular formula is C32H36N+. The number of pyridine rings is 1. The van der Waals surface area contributed by atoms with Crippen LogP contribution < -0.4 is 4.57 Å². The number of aromatic nitrogens is 1. The van der Waals surface area contributed by atoms with Gasteiger partial charge in [0.25, 0.3) is 0 Å². The molecule has 168 valence electrons. The van der Waals surface area contributed by atoms with Crippen molar-refractivity contribution >= 4 is 22.4 Å². The highest BCUT2D eigenvalue weighted by Gasteiger charge is 2.65. The second kappa shape index (κ2) is 8.13. The summed E-state index contributed by atoms with van der Waals surface area (Å²) in [6.45, 7) is 13.9. The van der Waals surface area contributed by atoms with Crippen molar-refractivity contribution < 1.29 is 4.57 Å². The summed E-state index contributed by atoms with van der Waals surface area (Å²) >= 11 is 0. The number of rotatable bonds is 6. The maximum Gasteiger partial charge on any atom is 0.221 e. The van der Waals surface area contributed by atoms with E-state index < -0.39 is 0 Å². The molecule has 0 saturated heterocycles. The molecule has 0 spiro atoms. The lowest BCUT2D eigenvalue weighted by molar-refractivity contribution is -0.773. The van der Waals surface area contributed by atoms with Gasteiger partial charge >= 0.3 is 0 Å². The Bertz CT molecular complexity index is 1310. The van der Waals surface area contributed by atoms with E-state index in [1.54, 1.807) is 0 Å². The van der Waals surface area contributed by atoms with Gasteiger partial charge in [0.2, 0.25) is 5.69 Å². The van der Waals surface area contributed by atoms with Crippen LogP contribution in [0.3, 0.4) is 0 Å². The van der Waals surface area contributed by atoms with E-state index in [2.05, 4.69) is 105 Å². The lowest BCUT2D eigenvalue weighted by Crippen LogP contribution is -2.71. The van der Waals surface area contributed by atoms with Crippen LogP contribution in [0, 0.1) is 12.3 Å². The van der Waals surface area contributed by atoms with E-state index in [4.69, 9.17) is 6.58 Å². The number of nitrogens with zero attached hydrogens (tertiary/aromatic N) is 1. The Kier molecular flexibility index (Phi) is 5.40. The molecule has 1 nitrogen and oxygen atoms in total. The van der Waals surface area contributed by atoms with Gasteiger partial charge in [-0.05, 0) is 72.1 Å². The van der Waals surface area contributed by atoms with Crippen LogP contribution in [0.1, 0.15) is 68.8 Å². The molecule has 1 aliphatic carbocycles. The molecule has 0 radical (unpaired) electrons. The monoisotopic (exact) mass is 434 g/mol. The van der Waals surface area contributed by atoms with Crippen molar-refractivity contribution in [1.29, 1.82) is 0 Å². The standard InChI is InChI=1S/C32H36N/c1-6-9-14-25-16-12-17-28-27(25)18-21-33-30(28)29(22-26-15-11-10-13-23(26)4)24(5)31(7-2)19-20-32(31,33)8-3/h10-13,15-22H,5-9,14H2,1-4H3/q+1. The summed E-state index contributed by atoms with van der Waals surface area (Å²) in [7, 11) is 0. The Hall–Kier alpha value is -2.93. The minimum Gasteiger partial charge on any atom is -0.187 e. The second-order valence-electron chi connectivity index (χ2n) is 9.85. The summed E-state index contributed by atoms with van der Waals surface area (Å²) < 4.78 is 2.58. The first-order valence-electron chi connectivity index (χ1n) is 12.7. The molecule has 2 heterocycles. The Morgan fingerprint density at radius 2 is 1.73 bits per heavy atom. The Balaban J connectivity index is 1.86. The topological polar surface area (TPSA) is 3.88 Å². The third-order valence-corrected chi connectivity index (χ3v) is 8.43. The van der Waals surface area contributed by atoms with Crippen LogP contribution in [0.2, 0.25) is 0 Å². The lowest BCUT2D eigenvalue weighted by Gasteiger charge is -2.53. The van der Waals surface area contributed by atoms with Crippen LogP contribution in [0.5, 0.6) is 0 Å². The van der Waals surface area contributed by atoms with Crippen molar-refractivity contribution in [3.63, 3.8) is 0 Å². The molecule has 2 atom stereocenters. The fourth-order valence-electron chi connectivity index (χ4n) is 6.38. The molecule has 2 aromatic carbocycles. The van der Waals surface area contributed by atoms with E-state index in [0.717, 1.165) is 19.3 Å². The van der Waals surface area contributed by atoms with E-state index in [0.29, 0.717) is 0 Å². The molecule has 1 aromatic heterocycles. The molecule has 5 rings (SSSR count). The fraction of sp³-hybridized carbons (Fsp3) is 0.344. The van der Waals surface area contributed by atoms with Gasteiger partial charge in [-0.1, -0.05) is 76.2 Å². The molecule has 0 N–H and O–H groups in total. The molecule has 1 aliphatic heterocycles. The third kappa shape index (κ3) is 2.94. The largest absolute Gasteiger partial charge is 0.221 e. The minimum absolute atomic E-state index is 0.0264. The Labute approximate surface area is 199 Å². The number of aryl methyl sites for hydroxylation is 2. The highest BCUT2D eigenvalue weighted by Crippen LogP contribution is 2.60. The smallest absolute Gasteiger partial charge is 0.187 e. The summed E-state index contributed by atoms with van der Waals surface area (Å²) in [5.74, 6) is 0. The molecule has 0 bridgehead atoms. The zero-order chi connectivity index (χ0) is 23.2. The van der Waals surface area contributed by atoms with Crippen LogP contribution >= 0.6 is 0 Å². The highest BCUT2D eigenvalue weighted by atomic mass is 15.1. The minimum atomic E-state index is -0.0369. The van der Waals surface area contributed by atoms with E-state index in [1.165, 1.54) is 57.1 Å². The van der Waals surface area contributed by atoms with Gasteiger partial charge in [0.1, 0.15) is 0 Å². The maximum absolute atomic E-state index is 4.78. The van der Waals surface area contributed by atoms with Crippen molar-refractivity contribution in [2.75, 3.05) is 0 Å². The van der Waals surface area contributed by atoms with Gasteiger partial charge in [-0.2, -0.15) is 4.57 Å². The molecule has 0 saturated carbocycles. The average molecular weight is 435 g/mol. The van der Waals surface area contributed by atoms with E-state index in [9.17, 15) is 0 Å². The van der Waals surface area contributed by atoms with Crippen LogP contribution in [-0.4, -0.2) is 0 Å². The van der Waals surface area contributed by atoms with Crippen LogP contribution in [-0.2, 0) is 12.0 Å². The quantitative estimate of drug-likeness (QED) is 0.274. The van der Waals surface area contributed by atoms with Gasteiger partial charge in [0.05, 0.1) is 16.4 Å². The van der Waals surface area contributed by atoms with Crippen molar-refractivity contribution in [2.45, 2.75) is 65.3 Å². The molecule has 3 aromatic rings. The number of benzene rings is 2. The first-order chi connectivity index (χ1) is 16.0. The molecule has 33 heavy (non-hydrogen) atoms. The van der Waals surface area contributed by atoms with E-state index in [1.807, 2.05) is 0 Å². The van der Waals surface area contributed by atoms with E-state index in [-0.39, 0.29) is 11.0 Å². The maximum atomic E-state index is 4.78. The third-order valence-electron chi connectivity index (χ3n) is 8.43. The lowest BCUT2D eigenvalue weighted by atomic mass is 9.51. The Morgan fingerprint density at radius 1 is 0.909 bits per heavy atom. The predicted molar refractivity (Wildman–Crippen MR) is 141 cm³/mol. The van der Waals surface area contributed by atoms with Gasteiger partial charge in [-0.15, -0.1) is 0 Å². The normalized spacial score (nSPS) is 24.6. The van der Waals surface area contributed by atoms with Gasteiger partial charge in [0, 0.05) is 12.5 Å². The van der Waals surface area contributed by atoms with Gasteiger partial charge < -0.3 is 0 Å². The number of hydrogen-bond acceptors (Lipinski definition) is 0. The SMILES string of the molecule is C=C1C(=Cc2ccccc2C)c2c3cccc(CCCC)c3cc[n+]2C2(CC)C=CC12CC. The summed E-state index contributed by atoms with van der Waals surface area (Å²) in [6, 6.07) is 17.9. The Morgan fingerprint density at radius 3 is 2.39 bits per heavy atom. The number of fused-ring (bicyclic) bond motifs is 5. The first-order valence-corrected chi connectivity index (χ1v) is 12.7. The first kappa shape index (κ1) is 21.9. The van der Waals surface area contributed by atoms with Crippen molar-refractivity contribution in [3.8, 4) is 0 Å². The average Bonchev–Trinajstić information content (AvgIpc) is 2.82. The molecule has 1 heteroatoms. The van der Waals surface area contributed by atoms with Crippen molar-refractivity contribution in [3.05, 3.63) is 101 Å². The number of unbranched alkanes of at least 4 members (excludes halogenated alkanes) is 1. The number of allylic oxidation sites excluding steroid dienone is 4. The summed E-state index contributed by atoms with van der Waals surface area (Å²) in [4.78, 5) is 0. The van der Waals surface area contributed by atoms with Crippen molar-refractivity contribution in [1.82, 2.24) is 0 Å². The molecule has 0 fully saturated rings. The van der Waals surface area contributed by atoms with Crippen molar-refractivity contribution in [2.24, 2.45) is 5.41 Å². The van der Waals surface area contributed by atoms with Crippen LogP contribution in [0.15, 0.2) is 79.0 Å². The van der Waals surface area contributed by atoms with Crippen LogP contribution in [0.4, 0.5) is 0 Å².